The van der Waals surface area contributed by atoms with Gasteiger partial charge in [0.1, 0.15) is 6.04 Å². The normalized spacial score (nSPS) is 13.9. The second kappa shape index (κ2) is 4.90. The molecule has 15 heavy (non-hydrogen) atoms. The summed E-state index contributed by atoms with van der Waals surface area (Å²) in [4.78, 5) is 0.954. The topological polar surface area (TPSA) is 26.0 Å². The van der Waals surface area contributed by atoms with Crippen LogP contribution in [0.25, 0.3) is 0 Å². The number of thioether (sulfide) groups is 1. The van der Waals surface area contributed by atoms with E-state index in [1.165, 1.54) is 12.1 Å². The third-order valence-corrected chi connectivity index (χ3v) is 2.80. The van der Waals surface area contributed by atoms with Crippen LogP contribution in [0.1, 0.15) is 18.5 Å². The van der Waals surface area contributed by atoms with Crippen molar-refractivity contribution in [1.29, 1.82) is 0 Å². The summed E-state index contributed by atoms with van der Waals surface area (Å²) in [5.74, 6) is 0.894. The van der Waals surface area contributed by atoms with E-state index in [0.29, 0.717) is 0 Å². The van der Waals surface area contributed by atoms with Crippen molar-refractivity contribution in [1.82, 2.24) is 0 Å². The zero-order valence-corrected chi connectivity index (χ0v) is 9.03. The molecule has 0 aliphatic carbocycles. The SMILES string of the molecule is CCSc1ccc([C@H](N)C(F)(F)F)cc1. The molecule has 0 bridgehead atoms. The van der Waals surface area contributed by atoms with Gasteiger partial charge in [-0.2, -0.15) is 13.2 Å². The van der Waals surface area contributed by atoms with Crippen LogP contribution in [-0.2, 0) is 0 Å². The number of halogens is 3. The van der Waals surface area contributed by atoms with Crippen LogP contribution in [0.15, 0.2) is 29.2 Å². The summed E-state index contributed by atoms with van der Waals surface area (Å²) < 4.78 is 36.8. The summed E-state index contributed by atoms with van der Waals surface area (Å²) in [5.41, 5.74) is 5.16. The van der Waals surface area contributed by atoms with Crippen molar-refractivity contribution < 1.29 is 13.2 Å². The Kier molecular flexibility index (Phi) is 4.04. The average molecular weight is 235 g/mol. The highest BCUT2D eigenvalue weighted by molar-refractivity contribution is 7.99. The Labute approximate surface area is 90.9 Å². The van der Waals surface area contributed by atoms with Gasteiger partial charge in [0.25, 0.3) is 0 Å². The third kappa shape index (κ3) is 3.43. The Hall–Kier alpha value is -0.680. The predicted octanol–water partition coefficient (Wildman–Crippen LogP) is 3.36. The van der Waals surface area contributed by atoms with Gasteiger partial charge in [0.2, 0.25) is 0 Å². The lowest BCUT2D eigenvalue weighted by atomic mass is 10.1. The van der Waals surface area contributed by atoms with Gasteiger partial charge in [-0.05, 0) is 23.4 Å². The highest BCUT2D eigenvalue weighted by Crippen LogP contribution is 2.31. The van der Waals surface area contributed by atoms with Crippen molar-refractivity contribution in [2.45, 2.75) is 24.0 Å². The zero-order valence-electron chi connectivity index (χ0n) is 8.21. The summed E-state index contributed by atoms with van der Waals surface area (Å²) in [6.07, 6.45) is -4.38. The molecule has 0 heterocycles. The maximum absolute atomic E-state index is 12.3. The van der Waals surface area contributed by atoms with Crippen molar-refractivity contribution in [3.05, 3.63) is 29.8 Å². The van der Waals surface area contributed by atoms with Gasteiger partial charge in [-0.1, -0.05) is 19.1 Å². The molecule has 0 aromatic heterocycles. The Bertz CT molecular complexity index is 307. The van der Waals surface area contributed by atoms with Crippen LogP contribution in [0.3, 0.4) is 0 Å². The minimum atomic E-state index is -4.38. The van der Waals surface area contributed by atoms with E-state index in [1.54, 1.807) is 23.9 Å². The highest BCUT2D eigenvalue weighted by Gasteiger charge is 2.37. The van der Waals surface area contributed by atoms with Crippen molar-refractivity contribution in [3.8, 4) is 0 Å². The van der Waals surface area contributed by atoms with E-state index >= 15 is 0 Å². The maximum atomic E-state index is 12.3. The molecule has 0 saturated heterocycles. The van der Waals surface area contributed by atoms with Crippen LogP contribution in [0, 0.1) is 0 Å². The number of hydrogen-bond acceptors (Lipinski definition) is 2. The Morgan fingerprint density at radius 2 is 1.80 bits per heavy atom. The third-order valence-electron chi connectivity index (χ3n) is 1.90. The van der Waals surface area contributed by atoms with Gasteiger partial charge in [-0.25, -0.2) is 0 Å². The van der Waals surface area contributed by atoms with Crippen molar-refractivity contribution >= 4 is 11.8 Å². The van der Waals surface area contributed by atoms with Gasteiger partial charge >= 0.3 is 6.18 Å². The molecule has 0 spiro atoms. The van der Waals surface area contributed by atoms with Gasteiger partial charge in [0.05, 0.1) is 0 Å². The van der Waals surface area contributed by atoms with E-state index in [1.807, 2.05) is 6.92 Å². The van der Waals surface area contributed by atoms with Gasteiger partial charge in [-0.3, -0.25) is 0 Å². The molecule has 1 aromatic rings. The van der Waals surface area contributed by atoms with Crippen molar-refractivity contribution in [3.63, 3.8) is 0 Å². The summed E-state index contributed by atoms with van der Waals surface area (Å²) >= 11 is 1.58. The number of rotatable bonds is 3. The van der Waals surface area contributed by atoms with Crippen LogP contribution < -0.4 is 5.73 Å². The molecule has 0 radical (unpaired) electrons. The largest absolute Gasteiger partial charge is 0.407 e. The maximum Gasteiger partial charge on any atom is 0.407 e. The molecule has 0 unspecified atom stereocenters. The first-order valence-corrected chi connectivity index (χ1v) is 5.48. The Morgan fingerprint density at radius 3 is 2.20 bits per heavy atom. The Morgan fingerprint density at radius 1 is 1.27 bits per heavy atom. The smallest absolute Gasteiger partial charge is 0.316 e. The molecular formula is C10H12F3NS. The molecule has 1 rings (SSSR count). The minimum Gasteiger partial charge on any atom is -0.316 e. The second-order valence-electron chi connectivity index (χ2n) is 3.02. The van der Waals surface area contributed by atoms with E-state index in [9.17, 15) is 13.2 Å². The fourth-order valence-corrected chi connectivity index (χ4v) is 1.79. The van der Waals surface area contributed by atoms with Crippen LogP contribution in [0.4, 0.5) is 13.2 Å². The quantitative estimate of drug-likeness (QED) is 0.813. The van der Waals surface area contributed by atoms with Crippen LogP contribution in [0.2, 0.25) is 0 Å². The number of benzene rings is 1. The van der Waals surface area contributed by atoms with Gasteiger partial charge in [-0.15, -0.1) is 11.8 Å². The number of alkyl halides is 3. The Balaban J connectivity index is 2.80. The first kappa shape index (κ1) is 12.4. The van der Waals surface area contributed by atoms with E-state index in [-0.39, 0.29) is 5.56 Å². The molecule has 0 saturated carbocycles. The van der Waals surface area contributed by atoms with E-state index < -0.39 is 12.2 Å². The van der Waals surface area contributed by atoms with Crippen LogP contribution in [-0.4, -0.2) is 11.9 Å². The van der Waals surface area contributed by atoms with Crippen LogP contribution in [0.5, 0.6) is 0 Å². The summed E-state index contributed by atoms with van der Waals surface area (Å²) in [5, 5.41) is 0. The molecule has 1 nitrogen and oxygen atoms in total. The lowest BCUT2D eigenvalue weighted by molar-refractivity contribution is -0.149. The monoisotopic (exact) mass is 235 g/mol. The minimum absolute atomic E-state index is 0.1000. The number of nitrogens with two attached hydrogens (primary N) is 1. The lowest BCUT2D eigenvalue weighted by Gasteiger charge is -2.15. The summed E-state index contributed by atoms with van der Waals surface area (Å²) in [6, 6.07) is 4.29. The van der Waals surface area contributed by atoms with E-state index in [0.717, 1.165) is 10.6 Å². The second-order valence-corrected chi connectivity index (χ2v) is 4.36. The van der Waals surface area contributed by atoms with Gasteiger partial charge in [0.15, 0.2) is 0 Å². The predicted molar refractivity (Wildman–Crippen MR) is 55.8 cm³/mol. The summed E-state index contributed by atoms with van der Waals surface area (Å²) in [6.45, 7) is 1.99. The first-order valence-electron chi connectivity index (χ1n) is 4.50. The summed E-state index contributed by atoms with van der Waals surface area (Å²) in [7, 11) is 0. The van der Waals surface area contributed by atoms with E-state index in [4.69, 9.17) is 5.73 Å². The molecule has 1 atom stereocenters. The van der Waals surface area contributed by atoms with E-state index in [2.05, 4.69) is 0 Å². The molecule has 0 fully saturated rings. The molecule has 84 valence electrons. The van der Waals surface area contributed by atoms with Crippen LogP contribution >= 0.6 is 11.8 Å². The highest BCUT2D eigenvalue weighted by atomic mass is 32.2. The standard InChI is InChI=1S/C10H12F3NS/c1-2-15-8-5-3-7(4-6-8)9(14)10(11,12)13/h3-6,9H,2,14H2,1H3/t9-/m0/s1. The molecule has 1 aromatic carbocycles. The molecule has 0 aliphatic heterocycles. The fraction of sp³-hybridized carbons (Fsp3) is 0.400. The first-order chi connectivity index (χ1) is 6.95. The fourth-order valence-electron chi connectivity index (χ4n) is 1.13. The molecule has 0 amide bonds. The molecular weight excluding hydrogens is 223 g/mol. The van der Waals surface area contributed by atoms with Gasteiger partial charge in [0, 0.05) is 4.90 Å². The van der Waals surface area contributed by atoms with Crippen molar-refractivity contribution in [2.24, 2.45) is 5.73 Å². The number of hydrogen-bond donors (Lipinski definition) is 1. The van der Waals surface area contributed by atoms with Crippen molar-refractivity contribution in [2.75, 3.05) is 5.75 Å². The zero-order chi connectivity index (χ0) is 11.5. The average Bonchev–Trinajstić information content (AvgIpc) is 2.17. The molecule has 2 N–H and O–H groups in total. The lowest BCUT2D eigenvalue weighted by Crippen LogP contribution is -2.28. The molecule has 0 aliphatic rings. The van der Waals surface area contributed by atoms with Gasteiger partial charge < -0.3 is 5.73 Å². The molecule has 5 heteroatoms.